The van der Waals surface area contributed by atoms with E-state index in [4.69, 9.17) is 14.9 Å². The summed E-state index contributed by atoms with van der Waals surface area (Å²) in [4.78, 5) is 11.0. The van der Waals surface area contributed by atoms with Crippen LogP contribution in [0.25, 0.3) is 0 Å². The summed E-state index contributed by atoms with van der Waals surface area (Å²) in [5, 5.41) is 21.0. The number of nitrogens with one attached hydrogen (secondary N) is 1. The normalized spacial score (nSPS) is 12.1. The van der Waals surface area contributed by atoms with Gasteiger partial charge in [-0.1, -0.05) is 19.1 Å². The molecule has 1 aromatic carbocycles. The van der Waals surface area contributed by atoms with Crippen molar-refractivity contribution in [2.75, 3.05) is 13.2 Å². The Morgan fingerprint density at radius 1 is 1.47 bits per heavy atom. The van der Waals surface area contributed by atoms with Crippen LogP contribution in [0, 0.1) is 0 Å². The highest BCUT2D eigenvalue weighted by molar-refractivity contribution is 5.73. The van der Waals surface area contributed by atoms with E-state index in [1.165, 1.54) is 0 Å². The number of hydrogen-bond donors (Lipinski definition) is 3. The molecule has 3 N–H and O–H groups in total. The van der Waals surface area contributed by atoms with Crippen LogP contribution in [0.15, 0.2) is 24.3 Å². The van der Waals surface area contributed by atoms with Gasteiger partial charge in [-0.25, -0.2) is 0 Å². The van der Waals surface area contributed by atoms with Crippen molar-refractivity contribution >= 4 is 5.97 Å². The number of aliphatic hydroxyl groups excluding tert-OH is 1. The molecule has 0 saturated heterocycles. The smallest absolute Gasteiger partial charge is 0.320 e. The van der Waals surface area contributed by atoms with Crippen molar-refractivity contribution in [3.8, 4) is 5.75 Å². The highest BCUT2D eigenvalue weighted by atomic mass is 16.5. The van der Waals surface area contributed by atoms with Crippen molar-refractivity contribution in [2.45, 2.75) is 32.4 Å². The molecule has 1 rings (SSSR count). The Labute approximate surface area is 113 Å². The number of benzene rings is 1. The lowest BCUT2D eigenvalue weighted by Crippen LogP contribution is -2.38. The highest BCUT2D eigenvalue weighted by Crippen LogP contribution is 2.13. The highest BCUT2D eigenvalue weighted by Gasteiger charge is 2.15. The van der Waals surface area contributed by atoms with Crippen molar-refractivity contribution in [1.82, 2.24) is 5.32 Å². The molecule has 1 unspecified atom stereocenters. The first-order valence-electron chi connectivity index (χ1n) is 6.46. The van der Waals surface area contributed by atoms with E-state index in [1.807, 2.05) is 6.92 Å². The predicted molar refractivity (Wildman–Crippen MR) is 72.2 cm³/mol. The maximum Gasteiger partial charge on any atom is 0.320 e. The summed E-state index contributed by atoms with van der Waals surface area (Å²) in [5.74, 6) is -0.215. The van der Waals surface area contributed by atoms with Gasteiger partial charge in [0.25, 0.3) is 0 Å². The fraction of sp³-hybridized carbons (Fsp3) is 0.500. The van der Waals surface area contributed by atoms with Crippen LogP contribution in [0.3, 0.4) is 0 Å². The van der Waals surface area contributed by atoms with E-state index in [1.54, 1.807) is 24.3 Å². The van der Waals surface area contributed by atoms with Crippen LogP contribution in [0.4, 0.5) is 0 Å². The zero-order valence-corrected chi connectivity index (χ0v) is 11.1. The molecular weight excluding hydrogens is 246 g/mol. The predicted octanol–water partition coefficient (Wildman–Crippen LogP) is 1.40. The van der Waals surface area contributed by atoms with Gasteiger partial charge in [0, 0.05) is 6.42 Å². The molecule has 5 nitrogen and oxygen atoms in total. The quantitative estimate of drug-likeness (QED) is 0.630. The SMILES string of the molecule is CCCNC(CCOc1cccc(CO)c1)C(=O)O. The Morgan fingerprint density at radius 2 is 2.26 bits per heavy atom. The summed E-state index contributed by atoms with van der Waals surface area (Å²) in [6.07, 6.45) is 1.29. The van der Waals surface area contributed by atoms with Crippen LogP contribution < -0.4 is 10.1 Å². The van der Waals surface area contributed by atoms with Crippen molar-refractivity contribution in [2.24, 2.45) is 0 Å². The Hall–Kier alpha value is -1.59. The van der Waals surface area contributed by atoms with Gasteiger partial charge in [-0.2, -0.15) is 0 Å². The summed E-state index contributed by atoms with van der Waals surface area (Å²) in [6.45, 7) is 2.95. The van der Waals surface area contributed by atoms with Crippen LogP contribution in [0.2, 0.25) is 0 Å². The number of aliphatic hydroxyl groups is 1. The average Bonchev–Trinajstić information content (AvgIpc) is 2.42. The summed E-state index contributed by atoms with van der Waals surface area (Å²) in [7, 11) is 0. The number of rotatable bonds is 9. The molecule has 0 fully saturated rings. The van der Waals surface area contributed by atoms with E-state index in [2.05, 4.69) is 5.32 Å². The van der Waals surface area contributed by atoms with E-state index in [0.717, 1.165) is 12.0 Å². The molecule has 0 aliphatic heterocycles. The van der Waals surface area contributed by atoms with Crippen molar-refractivity contribution in [3.63, 3.8) is 0 Å². The molecule has 0 radical (unpaired) electrons. The Morgan fingerprint density at radius 3 is 2.89 bits per heavy atom. The number of hydrogen-bond acceptors (Lipinski definition) is 4. The van der Waals surface area contributed by atoms with Gasteiger partial charge in [-0.05, 0) is 30.7 Å². The number of aliphatic carboxylic acids is 1. The van der Waals surface area contributed by atoms with Gasteiger partial charge >= 0.3 is 5.97 Å². The number of ether oxygens (including phenoxy) is 1. The van der Waals surface area contributed by atoms with Crippen LogP contribution in [0.5, 0.6) is 5.75 Å². The van der Waals surface area contributed by atoms with Crippen LogP contribution >= 0.6 is 0 Å². The van der Waals surface area contributed by atoms with E-state index < -0.39 is 12.0 Å². The van der Waals surface area contributed by atoms with E-state index >= 15 is 0 Å². The first kappa shape index (κ1) is 15.5. The first-order valence-corrected chi connectivity index (χ1v) is 6.46. The lowest BCUT2D eigenvalue weighted by molar-refractivity contribution is -0.139. The largest absolute Gasteiger partial charge is 0.494 e. The molecular formula is C14H21NO4. The summed E-state index contributed by atoms with van der Waals surface area (Å²) in [6, 6.07) is 6.55. The average molecular weight is 267 g/mol. The molecule has 0 aliphatic rings. The van der Waals surface area contributed by atoms with E-state index in [0.29, 0.717) is 25.3 Å². The molecule has 106 valence electrons. The fourth-order valence-corrected chi connectivity index (χ4v) is 1.66. The molecule has 5 heteroatoms. The molecule has 1 atom stereocenters. The van der Waals surface area contributed by atoms with Crippen LogP contribution in [-0.2, 0) is 11.4 Å². The summed E-state index contributed by atoms with van der Waals surface area (Å²) in [5.41, 5.74) is 0.774. The minimum Gasteiger partial charge on any atom is -0.494 e. The fourth-order valence-electron chi connectivity index (χ4n) is 1.66. The van der Waals surface area contributed by atoms with Crippen molar-refractivity contribution < 1.29 is 19.7 Å². The van der Waals surface area contributed by atoms with Gasteiger partial charge in [0.1, 0.15) is 11.8 Å². The Kier molecular flexibility index (Phi) is 6.92. The maximum absolute atomic E-state index is 11.0. The third kappa shape index (κ3) is 5.72. The molecule has 0 spiro atoms. The maximum atomic E-state index is 11.0. The van der Waals surface area contributed by atoms with Crippen molar-refractivity contribution in [1.29, 1.82) is 0 Å². The lowest BCUT2D eigenvalue weighted by atomic mass is 10.2. The number of carbonyl (C=O) groups is 1. The standard InChI is InChI=1S/C14H21NO4/c1-2-7-15-13(14(17)18)6-8-19-12-5-3-4-11(9-12)10-16/h3-5,9,13,15-16H,2,6-8,10H2,1H3,(H,17,18). The molecule has 1 aromatic rings. The van der Waals surface area contributed by atoms with Gasteiger partial charge < -0.3 is 20.3 Å². The Balaban J connectivity index is 2.40. The molecule has 0 aromatic heterocycles. The first-order chi connectivity index (χ1) is 9.17. The topological polar surface area (TPSA) is 78.8 Å². The second-order valence-electron chi connectivity index (χ2n) is 4.29. The third-order valence-electron chi connectivity index (χ3n) is 2.70. The van der Waals surface area contributed by atoms with Crippen LogP contribution in [0.1, 0.15) is 25.3 Å². The molecule has 0 amide bonds. The molecule has 0 saturated carbocycles. The Bertz CT molecular complexity index is 395. The molecule has 0 bridgehead atoms. The zero-order valence-electron chi connectivity index (χ0n) is 11.1. The second-order valence-corrected chi connectivity index (χ2v) is 4.29. The summed E-state index contributed by atoms with van der Waals surface area (Å²) < 4.78 is 5.49. The number of carboxylic acid groups (broad SMARTS) is 1. The van der Waals surface area contributed by atoms with Gasteiger partial charge in [-0.15, -0.1) is 0 Å². The zero-order chi connectivity index (χ0) is 14.1. The van der Waals surface area contributed by atoms with Crippen molar-refractivity contribution in [3.05, 3.63) is 29.8 Å². The molecule has 19 heavy (non-hydrogen) atoms. The van der Waals surface area contributed by atoms with E-state index in [-0.39, 0.29) is 6.61 Å². The van der Waals surface area contributed by atoms with Crippen LogP contribution in [-0.4, -0.2) is 35.4 Å². The van der Waals surface area contributed by atoms with E-state index in [9.17, 15) is 4.79 Å². The minimum absolute atomic E-state index is 0.0347. The number of carboxylic acids is 1. The third-order valence-corrected chi connectivity index (χ3v) is 2.70. The summed E-state index contributed by atoms with van der Waals surface area (Å²) >= 11 is 0. The monoisotopic (exact) mass is 267 g/mol. The second kappa shape index (κ2) is 8.50. The molecule has 0 heterocycles. The van der Waals surface area contributed by atoms with Gasteiger partial charge in [0.15, 0.2) is 0 Å². The van der Waals surface area contributed by atoms with Gasteiger partial charge in [0.05, 0.1) is 13.2 Å². The van der Waals surface area contributed by atoms with Gasteiger partial charge in [-0.3, -0.25) is 4.79 Å². The lowest BCUT2D eigenvalue weighted by Gasteiger charge is -2.14. The van der Waals surface area contributed by atoms with Gasteiger partial charge in [0.2, 0.25) is 0 Å². The minimum atomic E-state index is -0.860. The molecule has 0 aliphatic carbocycles.